The molecule has 1 aromatic heterocycles. The molecule has 0 bridgehead atoms. The predicted molar refractivity (Wildman–Crippen MR) is 75.3 cm³/mol. The van der Waals surface area contributed by atoms with Gasteiger partial charge >= 0.3 is 0 Å². The Labute approximate surface area is 118 Å². The van der Waals surface area contributed by atoms with Crippen molar-refractivity contribution in [2.75, 3.05) is 26.7 Å². The maximum absolute atomic E-state index is 12.2. The van der Waals surface area contributed by atoms with Crippen LogP contribution < -0.4 is 5.32 Å². The number of thiazole rings is 1. The van der Waals surface area contributed by atoms with Gasteiger partial charge < -0.3 is 15.0 Å². The fourth-order valence-electron chi connectivity index (χ4n) is 1.95. The van der Waals surface area contributed by atoms with Crippen molar-refractivity contribution in [3.8, 4) is 0 Å². The summed E-state index contributed by atoms with van der Waals surface area (Å²) in [6.07, 6.45) is -0.359. The molecule has 0 aromatic carbocycles. The first-order valence-electron chi connectivity index (χ1n) is 6.59. The molecule has 19 heavy (non-hydrogen) atoms. The molecule has 1 unspecified atom stereocenters. The van der Waals surface area contributed by atoms with Gasteiger partial charge in [-0.1, -0.05) is 13.8 Å². The van der Waals surface area contributed by atoms with E-state index in [9.17, 15) is 4.79 Å². The Bertz CT molecular complexity index is 427. The number of rotatable bonds is 4. The van der Waals surface area contributed by atoms with Crippen LogP contribution in [0, 0.1) is 0 Å². The van der Waals surface area contributed by atoms with E-state index in [0.29, 0.717) is 25.6 Å². The number of nitrogens with zero attached hydrogens (tertiary/aromatic N) is 2. The number of ether oxygens (including phenoxy) is 1. The Morgan fingerprint density at radius 3 is 3.05 bits per heavy atom. The van der Waals surface area contributed by atoms with Gasteiger partial charge in [0.05, 0.1) is 23.9 Å². The number of hydrogen-bond donors (Lipinski definition) is 1. The molecule has 106 valence electrons. The number of likely N-dealkylation sites (N-methyl/N-ethyl adjacent to an activating group) is 1. The summed E-state index contributed by atoms with van der Waals surface area (Å²) in [4.78, 5) is 18.4. The third-order valence-electron chi connectivity index (χ3n) is 3.04. The second kappa shape index (κ2) is 6.45. The zero-order valence-electron chi connectivity index (χ0n) is 11.7. The maximum atomic E-state index is 12.2. The molecule has 1 N–H and O–H groups in total. The normalized spacial score (nSPS) is 19.7. The van der Waals surface area contributed by atoms with Crippen molar-refractivity contribution in [2.24, 2.45) is 0 Å². The van der Waals surface area contributed by atoms with Gasteiger partial charge in [-0.05, 0) is 0 Å². The highest BCUT2D eigenvalue weighted by atomic mass is 32.1. The number of aromatic nitrogens is 1. The van der Waals surface area contributed by atoms with E-state index >= 15 is 0 Å². The van der Waals surface area contributed by atoms with Gasteiger partial charge in [0.25, 0.3) is 5.91 Å². The molecule has 1 saturated heterocycles. The van der Waals surface area contributed by atoms with E-state index in [-0.39, 0.29) is 12.0 Å². The third-order valence-corrected chi connectivity index (χ3v) is 4.24. The Morgan fingerprint density at radius 2 is 2.47 bits per heavy atom. The van der Waals surface area contributed by atoms with Crippen molar-refractivity contribution in [1.29, 1.82) is 0 Å². The first kappa shape index (κ1) is 14.4. The molecule has 6 heteroatoms. The van der Waals surface area contributed by atoms with Crippen LogP contribution in [0.15, 0.2) is 5.38 Å². The number of carbonyl (C=O) groups excluding carboxylic acids is 1. The topological polar surface area (TPSA) is 54.5 Å². The van der Waals surface area contributed by atoms with E-state index < -0.39 is 0 Å². The minimum absolute atomic E-state index is 0.0197. The van der Waals surface area contributed by atoms with Crippen molar-refractivity contribution < 1.29 is 9.53 Å². The lowest BCUT2D eigenvalue weighted by Gasteiger charge is -2.26. The summed E-state index contributed by atoms with van der Waals surface area (Å²) in [6.45, 7) is 6.80. The molecule has 1 fully saturated rings. The van der Waals surface area contributed by atoms with Crippen molar-refractivity contribution in [3.05, 3.63) is 16.1 Å². The van der Waals surface area contributed by atoms with Crippen LogP contribution in [0.4, 0.5) is 0 Å². The van der Waals surface area contributed by atoms with Crippen LogP contribution in [0.5, 0.6) is 0 Å². The second-order valence-electron chi connectivity index (χ2n) is 5.09. The van der Waals surface area contributed by atoms with Gasteiger partial charge in [0.15, 0.2) is 0 Å². The second-order valence-corrected chi connectivity index (χ2v) is 5.98. The van der Waals surface area contributed by atoms with Gasteiger partial charge in [-0.3, -0.25) is 4.79 Å². The van der Waals surface area contributed by atoms with Gasteiger partial charge in [-0.25, -0.2) is 4.98 Å². The number of amides is 1. The van der Waals surface area contributed by atoms with Gasteiger partial charge in [0.1, 0.15) is 6.10 Å². The Morgan fingerprint density at radius 1 is 1.68 bits per heavy atom. The Hall–Kier alpha value is -0.980. The average molecular weight is 283 g/mol. The largest absolute Gasteiger partial charge is 0.366 e. The van der Waals surface area contributed by atoms with E-state index in [1.54, 1.807) is 23.3 Å². The summed E-state index contributed by atoms with van der Waals surface area (Å²) in [6, 6.07) is 0. The molecular formula is C13H21N3O2S. The Kier molecular flexibility index (Phi) is 4.90. The van der Waals surface area contributed by atoms with E-state index in [4.69, 9.17) is 4.74 Å². The number of nitrogens with one attached hydrogen (secondary N) is 1. The van der Waals surface area contributed by atoms with Crippen molar-refractivity contribution in [1.82, 2.24) is 15.2 Å². The minimum atomic E-state index is -0.359. The van der Waals surface area contributed by atoms with Crippen LogP contribution in [0.2, 0.25) is 0 Å². The van der Waals surface area contributed by atoms with Gasteiger partial charge in [-0.15, -0.1) is 11.3 Å². The van der Waals surface area contributed by atoms with Gasteiger partial charge in [0, 0.05) is 31.4 Å². The highest BCUT2D eigenvalue weighted by molar-refractivity contribution is 7.09. The monoisotopic (exact) mass is 283 g/mol. The third kappa shape index (κ3) is 3.75. The lowest BCUT2D eigenvalue weighted by Crippen LogP contribution is -2.48. The fraction of sp³-hybridized carbons (Fsp3) is 0.692. The summed E-state index contributed by atoms with van der Waals surface area (Å²) in [5, 5.41) is 6.31. The lowest BCUT2D eigenvalue weighted by atomic mass is 10.2. The molecule has 0 aliphatic carbocycles. The smallest absolute Gasteiger partial charge is 0.253 e. The highest BCUT2D eigenvalue weighted by Crippen LogP contribution is 2.20. The van der Waals surface area contributed by atoms with Crippen molar-refractivity contribution in [2.45, 2.75) is 32.4 Å². The van der Waals surface area contributed by atoms with Crippen LogP contribution in [0.3, 0.4) is 0 Å². The maximum Gasteiger partial charge on any atom is 0.253 e. The first-order chi connectivity index (χ1) is 9.08. The van der Waals surface area contributed by atoms with Crippen LogP contribution in [-0.4, -0.2) is 48.6 Å². The molecule has 1 aliphatic rings. The van der Waals surface area contributed by atoms with E-state index in [1.807, 2.05) is 5.38 Å². The average Bonchev–Trinajstić information content (AvgIpc) is 2.87. The van der Waals surface area contributed by atoms with Crippen LogP contribution in [-0.2, 0) is 16.1 Å². The molecule has 1 aliphatic heterocycles. The van der Waals surface area contributed by atoms with E-state index in [1.165, 1.54) is 0 Å². The summed E-state index contributed by atoms with van der Waals surface area (Å²) in [7, 11) is 1.80. The van der Waals surface area contributed by atoms with Gasteiger partial charge in [0.2, 0.25) is 0 Å². The molecule has 0 radical (unpaired) electrons. The van der Waals surface area contributed by atoms with Gasteiger partial charge in [-0.2, -0.15) is 0 Å². The standard InChI is InChI=1S/C13H21N3O2S/c1-9(2)12-15-10(8-19-12)7-16(3)13(17)11-6-14-4-5-18-11/h8-9,11,14H,4-7H2,1-3H3. The molecule has 2 rings (SSSR count). The molecule has 5 nitrogen and oxygen atoms in total. The summed E-state index contributed by atoms with van der Waals surface area (Å²) < 4.78 is 5.47. The summed E-state index contributed by atoms with van der Waals surface area (Å²) in [5.41, 5.74) is 0.952. The summed E-state index contributed by atoms with van der Waals surface area (Å²) in [5.74, 6) is 0.455. The molecule has 0 spiro atoms. The van der Waals surface area contributed by atoms with E-state index in [0.717, 1.165) is 17.2 Å². The molecular weight excluding hydrogens is 262 g/mol. The zero-order valence-corrected chi connectivity index (χ0v) is 12.5. The quantitative estimate of drug-likeness (QED) is 0.902. The number of morpholine rings is 1. The molecule has 1 atom stereocenters. The zero-order chi connectivity index (χ0) is 13.8. The van der Waals surface area contributed by atoms with Crippen LogP contribution in [0.1, 0.15) is 30.5 Å². The number of hydrogen-bond acceptors (Lipinski definition) is 5. The van der Waals surface area contributed by atoms with Crippen LogP contribution >= 0.6 is 11.3 Å². The van der Waals surface area contributed by atoms with Crippen molar-refractivity contribution in [3.63, 3.8) is 0 Å². The molecule has 0 saturated carbocycles. The Balaban J connectivity index is 1.91. The van der Waals surface area contributed by atoms with E-state index in [2.05, 4.69) is 24.1 Å². The SMILES string of the molecule is CC(C)c1nc(CN(C)C(=O)C2CNCCO2)cs1. The molecule has 2 heterocycles. The van der Waals surface area contributed by atoms with Crippen molar-refractivity contribution >= 4 is 17.2 Å². The predicted octanol–water partition coefficient (Wildman–Crippen LogP) is 1.21. The minimum Gasteiger partial charge on any atom is -0.366 e. The first-order valence-corrected chi connectivity index (χ1v) is 7.47. The highest BCUT2D eigenvalue weighted by Gasteiger charge is 2.25. The molecule has 1 amide bonds. The summed E-state index contributed by atoms with van der Waals surface area (Å²) >= 11 is 1.65. The lowest BCUT2D eigenvalue weighted by molar-refractivity contribution is -0.144. The molecule has 1 aromatic rings. The van der Waals surface area contributed by atoms with Crippen LogP contribution in [0.25, 0.3) is 0 Å². The fourth-order valence-corrected chi connectivity index (χ4v) is 2.78. The number of carbonyl (C=O) groups is 1.